The third kappa shape index (κ3) is 8.83. The summed E-state index contributed by atoms with van der Waals surface area (Å²) in [7, 11) is 0. The lowest BCUT2D eigenvalue weighted by Gasteiger charge is -2.12. The van der Waals surface area contributed by atoms with E-state index in [0.29, 0.717) is 0 Å². The first kappa shape index (κ1) is 40.5. The molecule has 0 spiro atoms. The molecular weight excluding hydrogens is 737 g/mol. The molecule has 0 radical (unpaired) electrons. The number of nitrogens with two attached hydrogens (primary N) is 2. The molecule has 8 rings (SSSR count). The van der Waals surface area contributed by atoms with Crippen molar-refractivity contribution in [3.8, 4) is 11.4 Å². The second kappa shape index (κ2) is 18.3. The van der Waals surface area contributed by atoms with Crippen LogP contribution in [0, 0.1) is 27.7 Å². The molecule has 8 nitrogen and oxygen atoms in total. The van der Waals surface area contributed by atoms with E-state index in [1.54, 1.807) is 0 Å². The zero-order chi connectivity index (χ0) is 41.6. The number of rotatable bonds is 17. The van der Waals surface area contributed by atoms with Crippen LogP contribution in [0.15, 0.2) is 109 Å². The molecule has 0 amide bonds. The van der Waals surface area contributed by atoms with Gasteiger partial charge in [0.1, 0.15) is 22.1 Å². The third-order valence-electron chi connectivity index (χ3n) is 12.1. The standard InChI is InChI=1S/C52H58N8/c1-35-27-45-49(31-41(35)53)59(39-21-15-13-16-22-39)51-33-43(37(3)29-47(51)57-45)55-25-19-11-9-7-5-6-8-10-12-20-26-56-44-34-52-48(30-38(44)4)58-46-28-36(2)42(54)32-50(46)60(52)40-23-17-14-18-24-40/h13-18,21-24,27-34H,5-12,19-20,25-26H2,1-4H3,(H4,53,54,55,56)/p+2. The maximum Gasteiger partial charge on any atom is 0.239 e. The number of para-hydroxylation sites is 2. The van der Waals surface area contributed by atoms with E-state index < -0.39 is 0 Å². The van der Waals surface area contributed by atoms with Crippen LogP contribution >= 0.6 is 0 Å². The second-order valence-corrected chi connectivity index (χ2v) is 16.7. The molecule has 0 aliphatic carbocycles. The quantitative estimate of drug-likeness (QED) is 0.0316. The first-order valence-corrected chi connectivity index (χ1v) is 22.0. The van der Waals surface area contributed by atoms with Crippen molar-refractivity contribution in [2.24, 2.45) is 0 Å². The number of aryl methyl sites for hydroxylation is 4. The maximum atomic E-state index is 6.40. The Kier molecular flexibility index (Phi) is 12.4. The fourth-order valence-corrected chi connectivity index (χ4v) is 8.55. The van der Waals surface area contributed by atoms with Crippen LogP contribution in [0.1, 0.15) is 86.5 Å². The van der Waals surface area contributed by atoms with Crippen LogP contribution in [0.4, 0.5) is 22.7 Å². The number of nitrogens with one attached hydrogen (secondary N) is 2. The SMILES string of the molecule is Cc1cc2nc3cc(C)c(NCCCCCCCCCCCCNc4cc5c(cc4C)nc4cc(C)c(N)cc4[n+]5-c4ccccc4)cc3[n+](-c3ccccc3)c2cc1N. The molecule has 0 unspecified atom stereocenters. The minimum atomic E-state index is 0.780. The normalized spacial score (nSPS) is 11.6. The van der Waals surface area contributed by atoms with Crippen LogP contribution in [0.25, 0.3) is 55.5 Å². The van der Waals surface area contributed by atoms with E-state index in [1.807, 2.05) is 13.8 Å². The van der Waals surface area contributed by atoms with E-state index in [2.05, 4.69) is 143 Å². The van der Waals surface area contributed by atoms with Gasteiger partial charge in [-0.05, 0) is 87.1 Å². The summed E-state index contributed by atoms with van der Waals surface area (Å²) >= 11 is 0. The van der Waals surface area contributed by atoms with Crippen LogP contribution in [0.2, 0.25) is 0 Å². The summed E-state index contributed by atoms with van der Waals surface area (Å²) in [4.78, 5) is 10.1. The van der Waals surface area contributed by atoms with Gasteiger partial charge in [0.15, 0.2) is 0 Å². The Morgan fingerprint density at radius 1 is 0.400 bits per heavy atom. The molecule has 0 saturated heterocycles. The highest BCUT2D eigenvalue weighted by molar-refractivity contribution is 5.88. The molecule has 0 aliphatic heterocycles. The molecule has 6 N–H and O–H groups in total. The lowest BCUT2D eigenvalue weighted by atomic mass is 10.1. The molecule has 306 valence electrons. The van der Waals surface area contributed by atoms with Crippen molar-refractivity contribution in [1.29, 1.82) is 0 Å². The Bertz CT molecular complexity index is 2590. The lowest BCUT2D eigenvalue weighted by molar-refractivity contribution is -0.538. The lowest BCUT2D eigenvalue weighted by Crippen LogP contribution is -2.33. The Morgan fingerprint density at radius 2 is 0.717 bits per heavy atom. The molecule has 6 aromatic carbocycles. The minimum absolute atomic E-state index is 0.780. The molecule has 0 bridgehead atoms. The number of aromatic nitrogens is 4. The number of nitrogens with zero attached hydrogens (tertiary/aromatic N) is 4. The zero-order valence-electron chi connectivity index (χ0n) is 35.8. The van der Waals surface area contributed by atoms with Gasteiger partial charge >= 0.3 is 0 Å². The third-order valence-corrected chi connectivity index (χ3v) is 12.1. The summed E-state index contributed by atoms with van der Waals surface area (Å²) in [5.74, 6) is 0. The number of anilines is 4. The maximum absolute atomic E-state index is 6.40. The van der Waals surface area contributed by atoms with Crippen molar-refractivity contribution in [3.63, 3.8) is 0 Å². The zero-order valence-corrected chi connectivity index (χ0v) is 35.8. The van der Waals surface area contributed by atoms with Crippen molar-refractivity contribution in [1.82, 2.24) is 9.97 Å². The van der Waals surface area contributed by atoms with Crippen LogP contribution < -0.4 is 31.2 Å². The van der Waals surface area contributed by atoms with Gasteiger partial charge in [-0.2, -0.15) is 0 Å². The van der Waals surface area contributed by atoms with Gasteiger partial charge in [0.25, 0.3) is 0 Å². The summed E-state index contributed by atoms with van der Waals surface area (Å²) in [6.07, 6.45) is 12.7. The number of hydrogen-bond donors (Lipinski definition) is 4. The predicted molar refractivity (Wildman–Crippen MR) is 252 cm³/mol. The van der Waals surface area contributed by atoms with E-state index in [9.17, 15) is 0 Å². The Balaban J connectivity index is 0.770. The molecular formula is C52H60N8+2. The Labute approximate surface area is 354 Å². The summed E-state index contributed by atoms with van der Waals surface area (Å²) in [5.41, 5.74) is 31.5. The number of unbranched alkanes of at least 4 members (excludes halogenated alkanes) is 9. The van der Waals surface area contributed by atoms with Crippen LogP contribution in [0.5, 0.6) is 0 Å². The van der Waals surface area contributed by atoms with Gasteiger partial charge in [-0.1, -0.05) is 87.8 Å². The Hall–Kier alpha value is -6.28. The molecule has 8 aromatic rings. The van der Waals surface area contributed by atoms with Crippen molar-refractivity contribution >= 4 is 66.9 Å². The smallest absolute Gasteiger partial charge is 0.239 e. The molecule has 0 saturated carbocycles. The number of benzene rings is 6. The van der Waals surface area contributed by atoms with E-state index in [4.69, 9.17) is 21.4 Å². The highest BCUT2D eigenvalue weighted by atomic mass is 15.0. The Morgan fingerprint density at radius 3 is 1.08 bits per heavy atom. The van der Waals surface area contributed by atoms with Crippen molar-refractivity contribution in [2.45, 2.75) is 91.9 Å². The fraction of sp³-hybridized carbons (Fsp3) is 0.308. The van der Waals surface area contributed by atoms with E-state index in [0.717, 1.165) is 91.1 Å². The first-order valence-electron chi connectivity index (χ1n) is 22.0. The monoisotopic (exact) mass is 796 g/mol. The van der Waals surface area contributed by atoms with Gasteiger partial charge in [0, 0.05) is 84.4 Å². The van der Waals surface area contributed by atoms with Crippen molar-refractivity contribution < 1.29 is 9.13 Å². The molecule has 0 fully saturated rings. The highest BCUT2D eigenvalue weighted by Crippen LogP contribution is 2.28. The fourth-order valence-electron chi connectivity index (χ4n) is 8.55. The van der Waals surface area contributed by atoms with E-state index in [1.165, 1.54) is 86.7 Å². The minimum Gasteiger partial charge on any atom is -0.398 e. The molecule has 2 heterocycles. The number of nitrogen functional groups attached to an aromatic ring is 2. The molecule has 8 heteroatoms. The van der Waals surface area contributed by atoms with E-state index >= 15 is 0 Å². The topological polar surface area (TPSA) is 110 Å². The van der Waals surface area contributed by atoms with Crippen LogP contribution in [-0.2, 0) is 0 Å². The average molecular weight is 797 g/mol. The number of fused-ring (bicyclic) bond motifs is 4. The molecule has 2 aromatic heterocycles. The van der Waals surface area contributed by atoms with Crippen LogP contribution in [-0.4, -0.2) is 23.1 Å². The van der Waals surface area contributed by atoms with Gasteiger partial charge in [-0.25, -0.2) is 9.97 Å². The molecule has 0 atom stereocenters. The van der Waals surface area contributed by atoms with Gasteiger partial charge < -0.3 is 22.1 Å². The molecule has 0 aliphatic rings. The van der Waals surface area contributed by atoms with E-state index in [-0.39, 0.29) is 0 Å². The summed E-state index contributed by atoms with van der Waals surface area (Å²) in [5, 5.41) is 7.50. The van der Waals surface area contributed by atoms with Gasteiger partial charge in [-0.3, -0.25) is 0 Å². The summed E-state index contributed by atoms with van der Waals surface area (Å²) in [6.45, 7) is 10.4. The predicted octanol–water partition coefficient (Wildman–Crippen LogP) is 11.5. The van der Waals surface area contributed by atoms with Crippen molar-refractivity contribution in [3.05, 3.63) is 131 Å². The van der Waals surface area contributed by atoms with Crippen LogP contribution in [0.3, 0.4) is 0 Å². The second-order valence-electron chi connectivity index (χ2n) is 16.7. The van der Waals surface area contributed by atoms with Gasteiger partial charge in [0.2, 0.25) is 33.4 Å². The molecule has 60 heavy (non-hydrogen) atoms. The first-order chi connectivity index (χ1) is 29.2. The largest absolute Gasteiger partial charge is 0.398 e. The van der Waals surface area contributed by atoms with Gasteiger partial charge in [0.05, 0.1) is 0 Å². The number of hydrogen-bond acceptors (Lipinski definition) is 6. The summed E-state index contributed by atoms with van der Waals surface area (Å²) < 4.78 is 4.58. The highest BCUT2D eigenvalue weighted by Gasteiger charge is 2.23. The average Bonchev–Trinajstić information content (AvgIpc) is 3.24. The summed E-state index contributed by atoms with van der Waals surface area (Å²) in [6, 6.07) is 38.3. The van der Waals surface area contributed by atoms with Gasteiger partial charge in [-0.15, -0.1) is 9.13 Å². The van der Waals surface area contributed by atoms with Crippen molar-refractivity contribution in [2.75, 3.05) is 35.2 Å².